The van der Waals surface area contributed by atoms with Gasteiger partial charge in [-0.15, -0.1) is 0 Å². The van der Waals surface area contributed by atoms with Crippen molar-refractivity contribution < 1.29 is 24.1 Å². The fourth-order valence-electron chi connectivity index (χ4n) is 3.46. The second kappa shape index (κ2) is 12.9. The molecule has 0 aliphatic heterocycles. The van der Waals surface area contributed by atoms with Crippen LogP contribution in [0, 0.1) is 5.92 Å². The highest BCUT2D eigenvalue weighted by atomic mass is 16.5. The van der Waals surface area contributed by atoms with E-state index in [1.165, 1.54) is 11.1 Å². The van der Waals surface area contributed by atoms with Crippen LogP contribution in [0.2, 0.25) is 0 Å². The van der Waals surface area contributed by atoms with Crippen molar-refractivity contribution in [1.29, 1.82) is 0 Å². The lowest BCUT2D eigenvalue weighted by Gasteiger charge is -2.15. The molecule has 0 bridgehead atoms. The molecule has 5 heteroatoms. The topological polar surface area (TPSA) is 65.0 Å². The van der Waals surface area contributed by atoms with Crippen LogP contribution < -0.4 is 14.2 Å². The van der Waals surface area contributed by atoms with E-state index in [0.717, 1.165) is 54.9 Å². The Morgan fingerprint density at radius 3 is 2.35 bits per heavy atom. The highest BCUT2D eigenvalue weighted by Gasteiger charge is 2.14. The largest absolute Gasteiger partial charge is 0.493 e. The SMILES string of the molecule is CCCCOc1cc(CC(C)C(=O)O)ccc1CCCc1ccc(OCC)c(OC)c1. The maximum atomic E-state index is 11.2. The van der Waals surface area contributed by atoms with Crippen LogP contribution in [0.5, 0.6) is 17.2 Å². The van der Waals surface area contributed by atoms with Gasteiger partial charge in [-0.1, -0.05) is 38.5 Å². The van der Waals surface area contributed by atoms with Crippen LogP contribution in [0.1, 0.15) is 56.7 Å². The first-order chi connectivity index (χ1) is 15.0. The maximum Gasteiger partial charge on any atom is 0.306 e. The summed E-state index contributed by atoms with van der Waals surface area (Å²) < 4.78 is 17.1. The minimum Gasteiger partial charge on any atom is -0.493 e. The Labute approximate surface area is 186 Å². The van der Waals surface area contributed by atoms with E-state index in [0.29, 0.717) is 19.6 Å². The van der Waals surface area contributed by atoms with Gasteiger partial charge >= 0.3 is 5.97 Å². The number of carboxylic acid groups (broad SMARTS) is 1. The number of methoxy groups -OCH3 is 1. The fraction of sp³-hybridized carbons (Fsp3) is 0.500. The monoisotopic (exact) mass is 428 g/mol. The van der Waals surface area contributed by atoms with Crippen LogP contribution in [0.4, 0.5) is 0 Å². The standard InChI is InChI=1S/C26H36O5/c1-5-7-15-31-24-18-21(16-19(3)26(27)28)11-13-22(24)10-8-9-20-12-14-23(30-6-2)25(17-20)29-4/h11-14,17-19H,5-10,15-16H2,1-4H3,(H,27,28). The molecule has 2 aromatic rings. The van der Waals surface area contributed by atoms with E-state index >= 15 is 0 Å². The van der Waals surface area contributed by atoms with Gasteiger partial charge in [-0.05, 0) is 73.9 Å². The van der Waals surface area contributed by atoms with Crippen molar-refractivity contribution in [2.45, 2.75) is 59.3 Å². The molecule has 2 aromatic carbocycles. The van der Waals surface area contributed by atoms with Crippen molar-refractivity contribution in [2.75, 3.05) is 20.3 Å². The second-order valence-electron chi connectivity index (χ2n) is 7.86. The first-order valence-electron chi connectivity index (χ1n) is 11.3. The van der Waals surface area contributed by atoms with E-state index in [1.807, 2.05) is 31.2 Å². The Morgan fingerprint density at radius 2 is 1.68 bits per heavy atom. The molecule has 0 spiro atoms. The van der Waals surface area contributed by atoms with E-state index in [2.05, 4.69) is 19.1 Å². The molecule has 0 aliphatic carbocycles. The molecule has 0 aliphatic rings. The predicted octanol–water partition coefficient (Wildman–Crippen LogP) is 5.71. The summed E-state index contributed by atoms with van der Waals surface area (Å²) in [4.78, 5) is 11.2. The molecule has 0 saturated carbocycles. The molecule has 5 nitrogen and oxygen atoms in total. The van der Waals surface area contributed by atoms with Crippen molar-refractivity contribution in [3.8, 4) is 17.2 Å². The Balaban J connectivity index is 2.05. The van der Waals surface area contributed by atoms with Crippen LogP contribution in [-0.2, 0) is 24.1 Å². The third-order valence-electron chi connectivity index (χ3n) is 5.29. The number of aliphatic carboxylic acids is 1. The number of hydrogen-bond acceptors (Lipinski definition) is 4. The number of aryl methyl sites for hydroxylation is 2. The van der Waals surface area contributed by atoms with Crippen LogP contribution in [0.15, 0.2) is 36.4 Å². The number of carbonyl (C=O) groups is 1. The highest BCUT2D eigenvalue weighted by molar-refractivity contribution is 5.70. The molecular formula is C26H36O5. The molecule has 0 heterocycles. The van der Waals surface area contributed by atoms with Gasteiger partial charge in [0, 0.05) is 0 Å². The van der Waals surface area contributed by atoms with E-state index in [1.54, 1.807) is 14.0 Å². The van der Waals surface area contributed by atoms with Crippen LogP contribution in [-0.4, -0.2) is 31.4 Å². The highest BCUT2D eigenvalue weighted by Crippen LogP contribution is 2.29. The third-order valence-corrected chi connectivity index (χ3v) is 5.29. The van der Waals surface area contributed by atoms with Crippen LogP contribution in [0.25, 0.3) is 0 Å². The minimum absolute atomic E-state index is 0.413. The molecule has 0 amide bonds. The third kappa shape index (κ3) is 7.82. The molecule has 0 aromatic heterocycles. The molecule has 1 unspecified atom stereocenters. The summed E-state index contributed by atoms with van der Waals surface area (Å²) in [5.74, 6) is 1.23. The zero-order valence-corrected chi connectivity index (χ0v) is 19.3. The van der Waals surface area contributed by atoms with Crippen LogP contribution in [0.3, 0.4) is 0 Å². The smallest absolute Gasteiger partial charge is 0.306 e. The van der Waals surface area contributed by atoms with E-state index < -0.39 is 11.9 Å². The molecule has 1 N–H and O–H groups in total. The second-order valence-corrected chi connectivity index (χ2v) is 7.86. The molecular weight excluding hydrogens is 392 g/mol. The summed E-state index contributed by atoms with van der Waals surface area (Å²) in [5, 5.41) is 9.20. The van der Waals surface area contributed by atoms with Gasteiger partial charge in [0.1, 0.15) is 5.75 Å². The maximum absolute atomic E-state index is 11.2. The molecule has 0 fully saturated rings. The Hall–Kier alpha value is -2.69. The Morgan fingerprint density at radius 1 is 0.935 bits per heavy atom. The fourth-order valence-corrected chi connectivity index (χ4v) is 3.46. The van der Waals surface area contributed by atoms with Gasteiger partial charge in [0.05, 0.1) is 26.2 Å². The summed E-state index contributed by atoms with van der Waals surface area (Å²) in [6.07, 6.45) is 5.38. The van der Waals surface area contributed by atoms with Gasteiger partial charge in [0.2, 0.25) is 0 Å². The first kappa shape index (κ1) is 24.6. The van der Waals surface area contributed by atoms with Crippen molar-refractivity contribution >= 4 is 5.97 Å². The molecule has 31 heavy (non-hydrogen) atoms. The quantitative estimate of drug-likeness (QED) is 0.390. The average Bonchev–Trinajstić information content (AvgIpc) is 2.76. The number of benzene rings is 2. The normalized spacial score (nSPS) is 11.7. The van der Waals surface area contributed by atoms with Gasteiger partial charge in [-0.3, -0.25) is 4.79 Å². The lowest BCUT2D eigenvalue weighted by molar-refractivity contribution is -0.141. The van der Waals surface area contributed by atoms with E-state index in [4.69, 9.17) is 14.2 Å². The molecule has 0 radical (unpaired) electrons. The predicted molar refractivity (Wildman–Crippen MR) is 124 cm³/mol. The molecule has 0 saturated heterocycles. The number of unbranched alkanes of at least 4 members (excludes halogenated alkanes) is 1. The zero-order valence-electron chi connectivity index (χ0n) is 19.3. The molecule has 2 rings (SSSR count). The summed E-state index contributed by atoms with van der Waals surface area (Å²) in [6, 6.07) is 12.2. The van der Waals surface area contributed by atoms with Gasteiger partial charge in [0.25, 0.3) is 0 Å². The van der Waals surface area contributed by atoms with Gasteiger partial charge in [0.15, 0.2) is 11.5 Å². The molecule has 1 atom stereocenters. The lowest BCUT2D eigenvalue weighted by Crippen LogP contribution is -2.12. The summed E-state index contributed by atoms with van der Waals surface area (Å²) in [5.41, 5.74) is 3.38. The van der Waals surface area contributed by atoms with E-state index in [9.17, 15) is 9.90 Å². The number of hydrogen-bond donors (Lipinski definition) is 1. The minimum atomic E-state index is -0.775. The number of ether oxygens (including phenoxy) is 3. The Bertz CT molecular complexity index is 831. The Kier molecular flexibility index (Phi) is 10.2. The number of carboxylic acids is 1. The summed E-state index contributed by atoms with van der Waals surface area (Å²) in [6.45, 7) is 7.12. The van der Waals surface area contributed by atoms with Gasteiger partial charge in [-0.25, -0.2) is 0 Å². The summed E-state index contributed by atoms with van der Waals surface area (Å²) >= 11 is 0. The first-order valence-corrected chi connectivity index (χ1v) is 11.3. The van der Waals surface area contributed by atoms with Gasteiger partial charge < -0.3 is 19.3 Å². The van der Waals surface area contributed by atoms with E-state index in [-0.39, 0.29) is 0 Å². The number of rotatable bonds is 14. The lowest BCUT2D eigenvalue weighted by atomic mass is 9.97. The van der Waals surface area contributed by atoms with Gasteiger partial charge in [-0.2, -0.15) is 0 Å². The zero-order chi connectivity index (χ0) is 22.6. The van der Waals surface area contributed by atoms with Crippen LogP contribution >= 0.6 is 0 Å². The van der Waals surface area contributed by atoms with Crippen molar-refractivity contribution in [3.05, 3.63) is 53.1 Å². The molecule has 170 valence electrons. The summed E-state index contributed by atoms with van der Waals surface area (Å²) in [7, 11) is 1.66. The van der Waals surface area contributed by atoms with Crippen molar-refractivity contribution in [2.24, 2.45) is 5.92 Å². The van der Waals surface area contributed by atoms with Crippen molar-refractivity contribution in [3.63, 3.8) is 0 Å². The average molecular weight is 429 g/mol. The van der Waals surface area contributed by atoms with Crippen molar-refractivity contribution in [1.82, 2.24) is 0 Å².